The minimum atomic E-state index is -0.370. The van der Waals surface area contributed by atoms with Gasteiger partial charge in [0.1, 0.15) is 17.1 Å². The maximum Gasteiger partial charge on any atom is 0.270 e. The smallest absolute Gasteiger partial charge is 0.270 e. The van der Waals surface area contributed by atoms with E-state index in [-0.39, 0.29) is 28.7 Å². The Morgan fingerprint density at radius 3 is 2.16 bits per heavy atom. The lowest BCUT2D eigenvalue weighted by atomic mass is 10.1. The molecule has 0 fully saturated rings. The van der Waals surface area contributed by atoms with Crippen molar-refractivity contribution in [3.63, 3.8) is 0 Å². The molecule has 0 saturated heterocycles. The van der Waals surface area contributed by atoms with Crippen molar-refractivity contribution in [3.8, 4) is 5.75 Å². The third-order valence-electron chi connectivity index (χ3n) is 3.32. The number of pyridine rings is 1. The van der Waals surface area contributed by atoms with E-state index < -0.39 is 0 Å². The van der Waals surface area contributed by atoms with Crippen LogP contribution in [0.3, 0.4) is 0 Å². The van der Waals surface area contributed by atoms with Crippen LogP contribution in [0.2, 0.25) is 0 Å². The molecule has 0 bridgehead atoms. The summed E-state index contributed by atoms with van der Waals surface area (Å²) < 4.78 is 5.10. The number of carbonyl (C=O) groups excluding carboxylic acids is 2. The highest BCUT2D eigenvalue weighted by atomic mass is 16.5. The molecule has 0 atom stereocenters. The van der Waals surface area contributed by atoms with Crippen LogP contribution in [0.4, 0.5) is 0 Å². The Kier molecular flexibility index (Phi) is 5.75. The van der Waals surface area contributed by atoms with Crippen LogP contribution in [-0.4, -0.2) is 29.4 Å². The van der Waals surface area contributed by atoms with Gasteiger partial charge in [0.25, 0.3) is 11.8 Å². The summed E-state index contributed by atoms with van der Waals surface area (Å²) >= 11 is 0. The largest absolute Gasteiger partial charge is 0.497 e. The number of methoxy groups -OCH3 is 1. The average Bonchev–Trinajstić information content (AvgIpc) is 2.58. The number of hydrogen-bond acceptors (Lipinski definition) is 4. The molecule has 1 aromatic carbocycles. The molecule has 25 heavy (non-hydrogen) atoms. The predicted octanol–water partition coefficient (Wildman–Crippen LogP) is 2.55. The normalized spacial score (nSPS) is 10.9. The molecule has 1 heterocycles. The van der Waals surface area contributed by atoms with Crippen molar-refractivity contribution < 1.29 is 14.3 Å². The van der Waals surface area contributed by atoms with Crippen molar-refractivity contribution in [2.45, 2.75) is 32.9 Å². The molecule has 132 valence electrons. The summed E-state index contributed by atoms with van der Waals surface area (Å²) in [7, 11) is 1.60. The zero-order valence-electron chi connectivity index (χ0n) is 14.9. The number of amides is 2. The van der Waals surface area contributed by atoms with Gasteiger partial charge in [-0.25, -0.2) is 4.98 Å². The summed E-state index contributed by atoms with van der Waals surface area (Å²) in [6.45, 7) is 6.02. The van der Waals surface area contributed by atoms with Gasteiger partial charge in [-0.3, -0.25) is 9.59 Å². The van der Waals surface area contributed by atoms with Gasteiger partial charge in [-0.2, -0.15) is 0 Å². The van der Waals surface area contributed by atoms with Gasteiger partial charge in [-0.15, -0.1) is 0 Å². The average molecular weight is 341 g/mol. The van der Waals surface area contributed by atoms with E-state index >= 15 is 0 Å². The second-order valence-electron chi connectivity index (χ2n) is 6.64. The van der Waals surface area contributed by atoms with Crippen LogP contribution in [0.5, 0.6) is 5.75 Å². The Bertz CT molecular complexity index is 749. The minimum Gasteiger partial charge on any atom is -0.497 e. The first-order valence-corrected chi connectivity index (χ1v) is 7.99. The van der Waals surface area contributed by atoms with Gasteiger partial charge in [-0.05, 0) is 50.6 Å². The number of ether oxygens (including phenoxy) is 1. The Morgan fingerprint density at radius 2 is 1.60 bits per heavy atom. The van der Waals surface area contributed by atoms with Gasteiger partial charge in [0.2, 0.25) is 0 Å². The molecule has 0 aliphatic heterocycles. The SMILES string of the molecule is COc1ccc(CNC(=O)c2cccc(C(=O)NC(C)(C)C)n2)cc1. The Labute approximate surface area is 147 Å². The predicted molar refractivity (Wildman–Crippen MR) is 95.6 cm³/mol. The highest BCUT2D eigenvalue weighted by molar-refractivity contribution is 5.96. The lowest BCUT2D eigenvalue weighted by Gasteiger charge is -2.20. The van der Waals surface area contributed by atoms with Crippen molar-refractivity contribution in [1.29, 1.82) is 0 Å². The molecule has 2 rings (SSSR count). The molecule has 0 aliphatic rings. The maximum absolute atomic E-state index is 12.3. The summed E-state index contributed by atoms with van der Waals surface area (Å²) in [5, 5.41) is 5.62. The van der Waals surface area contributed by atoms with Crippen LogP contribution in [-0.2, 0) is 6.54 Å². The number of rotatable bonds is 5. The molecule has 0 aliphatic carbocycles. The fourth-order valence-electron chi connectivity index (χ4n) is 2.11. The summed E-state index contributed by atoms with van der Waals surface area (Å²) in [6, 6.07) is 12.2. The molecule has 0 radical (unpaired) electrons. The monoisotopic (exact) mass is 341 g/mol. The van der Waals surface area contributed by atoms with E-state index in [0.717, 1.165) is 11.3 Å². The Hall–Kier alpha value is -2.89. The third-order valence-corrected chi connectivity index (χ3v) is 3.32. The lowest BCUT2D eigenvalue weighted by Crippen LogP contribution is -2.41. The van der Waals surface area contributed by atoms with Crippen molar-refractivity contribution in [2.75, 3.05) is 7.11 Å². The highest BCUT2D eigenvalue weighted by Gasteiger charge is 2.17. The minimum absolute atomic E-state index is 0.204. The third kappa shape index (κ3) is 5.60. The van der Waals surface area contributed by atoms with Gasteiger partial charge >= 0.3 is 0 Å². The van der Waals surface area contributed by atoms with Crippen molar-refractivity contribution in [2.24, 2.45) is 0 Å². The molecular formula is C19H23N3O3. The van der Waals surface area contributed by atoms with E-state index in [1.165, 1.54) is 0 Å². The van der Waals surface area contributed by atoms with Crippen LogP contribution < -0.4 is 15.4 Å². The van der Waals surface area contributed by atoms with Crippen LogP contribution >= 0.6 is 0 Å². The number of hydrogen-bond donors (Lipinski definition) is 2. The van der Waals surface area contributed by atoms with E-state index in [4.69, 9.17) is 4.74 Å². The summed E-state index contributed by atoms with van der Waals surface area (Å²) in [5.41, 5.74) is 0.989. The second kappa shape index (κ2) is 7.79. The zero-order chi connectivity index (χ0) is 18.4. The van der Waals surface area contributed by atoms with E-state index in [9.17, 15) is 9.59 Å². The topological polar surface area (TPSA) is 80.3 Å². The Morgan fingerprint density at radius 1 is 1.00 bits per heavy atom. The standard InChI is InChI=1S/C19H23N3O3/c1-19(2,3)22-18(24)16-7-5-6-15(21-16)17(23)20-12-13-8-10-14(25-4)11-9-13/h5-11H,12H2,1-4H3,(H,20,23)(H,22,24). The Balaban J connectivity index is 2.01. The first kappa shape index (κ1) is 18.4. The molecule has 6 nitrogen and oxygen atoms in total. The van der Waals surface area contributed by atoms with Crippen LogP contribution in [0.1, 0.15) is 47.3 Å². The zero-order valence-corrected chi connectivity index (χ0v) is 14.9. The first-order chi connectivity index (χ1) is 11.8. The quantitative estimate of drug-likeness (QED) is 0.876. The molecular weight excluding hydrogens is 318 g/mol. The fraction of sp³-hybridized carbons (Fsp3) is 0.316. The number of nitrogens with zero attached hydrogens (tertiary/aromatic N) is 1. The number of aromatic nitrogens is 1. The van der Waals surface area contributed by atoms with Crippen molar-refractivity contribution in [3.05, 3.63) is 59.4 Å². The highest BCUT2D eigenvalue weighted by Crippen LogP contribution is 2.11. The number of nitrogens with one attached hydrogen (secondary N) is 2. The van der Waals surface area contributed by atoms with E-state index in [1.54, 1.807) is 25.3 Å². The summed E-state index contributed by atoms with van der Waals surface area (Å²) in [5.74, 6) is 0.118. The molecule has 2 amide bonds. The molecule has 1 aromatic heterocycles. The van der Waals surface area contributed by atoms with Gasteiger partial charge < -0.3 is 15.4 Å². The van der Waals surface area contributed by atoms with Crippen LogP contribution in [0.25, 0.3) is 0 Å². The molecule has 0 unspecified atom stereocenters. The molecule has 0 saturated carbocycles. The molecule has 2 aromatic rings. The van der Waals surface area contributed by atoms with Crippen LogP contribution in [0, 0.1) is 0 Å². The number of benzene rings is 1. The van der Waals surface area contributed by atoms with Crippen molar-refractivity contribution in [1.82, 2.24) is 15.6 Å². The van der Waals surface area contributed by atoms with Crippen molar-refractivity contribution >= 4 is 11.8 Å². The molecule has 2 N–H and O–H groups in total. The molecule has 6 heteroatoms. The first-order valence-electron chi connectivity index (χ1n) is 7.99. The lowest BCUT2D eigenvalue weighted by molar-refractivity contribution is 0.0914. The van der Waals surface area contributed by atoms with Gasteiger partial charge in [0.15, 0.2) is 0 Å². The fourth-order valence-corrected chi connectivity index (χ4v) is 2.11. The second-order valence-corrected chi connectivity index (χ2v) is 6.64. The van der Waals surface area contributed by atoms with E-state index in [0.29, 0.717) is 6.54 Å². The van der Waals surface area contributed by atoms with E-state index in [1.807, 2.05) is 45.0 Å². The van der Waals surface area contributed by atoms with Gasteiger partial charge in [-0.1, -0.05) is 18.2 Å². The molecule has 0 spiro atoms. The van der Waals surface area contributed by atoms with Gasteiger partial charge in [0, 0.05) is 12.1 Å². The van der Waals surface area contributed by atoms with Gasteiger partial charge in [0.05, 0.1) is 7.11 Å². The summed E-state index contributed by atoms with van der Waals surface area (Å²) in [4.78, 5) is 28.6. The number of carbonyl (C=O) groups is 2. The van der Waals surface area contributed by atoms with Crippen LogP contribution in [0.15, 0.2) is 42.5 Å². The summed E-state index contributed by atoms with van der Waals surface area (Å²) in [6.07, 6.45) is 0. The van der Waals surface area contributed by atoms with E-state index in [2.05, 4.69) is 15.6 Å². The maximum atomic E-state index is 12.3.